The third kappa shape index (κ3) is 3.91. The third-order valence-corrected chi connectivity index (χ3v) is 5.34. The molecule has 132 valence electrons. The molecule has 1 unspecified atom stereocenters. The molecule has 1 aliphatic heterocycles. The zero-order valence-electron chi connectivity index (χ0n) is 15.8. The third-order valence-electron chi connectivity index (χ3n) is 5.34. The van der Waals surface area contributed by atoms with Crippen LogP contribution in [0.5, 0.6) is 0 Å². The predicted octanol–water partition coefficient (Wildman–Crippen LogP) is 5.56. The fourth-order valence-electron chi connectivity index (χ4n) is 3.14. The minimum Gasteiger partial charge on any atom is -0.469 e. The van der Waals surface area contributed by atoms with Crippen molar-refractivity contribution in [3.05, 3.63) is 66.1 Å². The number of benzene rings is 1. The second kappa shape index (κ2) is 6.85. The average Bonchev–Trinajstić information content (AvgIpc) is 3.14. The summed E-state index contributed by atoms with van der Waals surface area (Å²) < 4.78 is 18.1. The molecule has 2 aromatic rings. The standard InChI is InChI=1S/C21H27BO3/c1-16(17-10-7-6-8-11-17)14-18(19-12-9-13-23-19)15-22-24-20(2,3)21(4,5)25-22/h6-14,18H,15H2,1-5H3/b16-14+. The van der Waals surface area contributed by atoms with Crippen molar-refractivity contribution in [3.63, 3.8) is 0 Å². The number of furan rings is 1. The van der Waals surface area contributed by atoms with Gasteiger partial charge in [0.2, 0.25) is 0 Å². The van der Waals surface area contributed by atoms with Gasteiger partial charge in [0.1, 0.15) is 5.76 Å². The first-order valence-electron chi connectivity index (χ1n) is 8.91. The first kappa shape index (κ1) is 18.0. The van der Waals surface area contributed by atoms with Gasteiger partial charge in [-0.3, -0.25) is 0 Å². The summed E-state index contributed by atoms with van der Waals surface area (Å²) in [5, 5.41) is 0. The largest absolute Gasteiger partial charge is 0.469 e. The summed E-state index contributed by atoms with van der Waals surface area (Å²) in [6.45, 7) is 10.5. The quantitative estimate of drug-likeness (QED) is 0.669. The average molecular weight is 338 g/mol. The maximum atomic E-state index is 6.19. The van der Waals surface area contributed by atoms with E-state index in [0.717, 1.165) is 12.1 Å². The van der Waals surface area contributed by atoms with Crippen LogP contribution in [-0.2, 0) is 9.31 Å². The van der Waals surface area contributed by atoms with E-state index in [-0.39, 0.29) is 24.2 Å². The summed E-state index contributed by atoms with van der Waals surface area (Å²) in [6.07, 6.45) is 4.70. The van der Waals surface area contributed by atoms with Gasteiger partial charge in [-0.05, 0) is 64.2 Å². The number of hydrogen-bond donors (Lipinski definition) is 0. The van der Waals surface area contributed by atoms with E-state index >= 15 is 0 Å². The van der Waals surface area contributed by atoms with Crippen LogP contribution < -0.4 is 0 Å². The van der Waals surface area contributed by atoms with Crippen molar-refractivity contribution in [1.29, 1.82) is 0 Å². The van der Waals surface area contributed by atoms with Crippen molar-refractivity contribution < 1.29 is 13.7 Å². The molecule has 1 aromatic carbocycles. The topological polar surface area (TPSA) is 31.6 Å². The molecule has 0 aliphatic carbocycles. The molecule has 4 heteroatoms. The molecule has 1 aromatic heterocycles. The van der Waals surface area contributed by atoms with Crippen LogP contribution in [0.4, 0.5) is 0 Å². The van der Waals surface area contributed by atoms with Gasteiger partial charge in [-0.25, -0.2) is 0 Å². The van der Waals surface area contributed by atoms with Gasteiger partial charge in [0.05, 0.1) is 17.5 Å². The van der Waals surface area contributed by atoms with E-state index in [2.05, 4.69) is 65.0 Å². The zero-order valence-corrected chi connectivity index (χ0v) is 15.8. The summed E-state index contributed by atoms with van der Waals surface area (Å²) in [6, 6.07) is 14.3. The van der Waals surface area contributed by atoms with Gasteiger partial charge in [0.15, 0.2) is 0 Å². The smallest absolute Gasteiger partial charge is 0.458 e. The van der Waals surface area contributed by atoms with Crippen LogP contribution in [0.2, 0.25) is 6.32 Å². The molecule has 1 saturated heterocycles. The summed E-state index contributed by atoms with van der Waals surface area (Å²) in [4.78, 5) is 0. The number of rotatable bonds is 5. The number of allylic oxidation sites excluding steroid dienone is 2. The van der Waals surface area contributed by atoms with E-state index in [0.29, 0.717) is 0 Å². The predicted molar refractivity (Wildman–Crippen MR) is 102 cm³/mol. The van der Waals surface area contributed by atoms with Crippen LogP contribution in [0.3, 0.4) is 0 Å². The molecule has 3 rings (SSSR count). The Bertz CT molecular complexity index is 701. The van der Waals surface area contributed by atoms with E-state index in [1.807, 2.05) is 18.2 Å². The lowest BCUT2D eigenvalue weighted by Gasteiger charge is -2.32. The summed E-state index contributed by atoms with van der Waals surface area (Å²) >= 11 is 0. The molecule has 0 saturated carbocycles. The molecule has 0 radical (unpaired) electrons. The molecule has 1 atom stereocenters. The lowest BCUT2D eigenvalue weighted by atomic mass is 9.75. The van der Waals surface area contributed by atoms with Crippen LogP contribution in [0.25, 0.3) is 5.57 Å². The molecular weight excluding hydrogens is 311 g/mol. The lowest BCUT2D eigenvalue weighted by molar-refractivity contribution is 0.00578. The fraction of sp³-hybridized carbons (Fsp3) is 0.429. The molecule has 0 bridgehead atoms. The maximum Gasteiger partial charge on any atom is 0.458 e. The molecule has 0 spiro atoms. The van der Waals surface area contributed by atoms with Crippen molar-refractivity contribution in [2.45, 2.75) is 58.1 Å². The monoisotopic (exact) mass is 338 g/mol. The Morgan fingerprint density at radius 3 is 2.20 bits per heavy atom. The van der Waals surface area contributed by atoms with Crippen molar-refractivity contribution in [1.82, 2.24) is 0 Å². The van der Waals surface area contributed by atoms with Crippen LogP contribution in [0.1, 0.15) is 51.9 Å². The Kier molecular flexibility index (Phi) is 4.94. The summed E-state index contributed by atoms with van der Waals surface area (Å²) in [7, 11) is -0.250. The highest BCUT2D eigenvalue weighted by Gasteiger charge is 2.51. The van der Waals surface area contributed by atoms with Crippen LogP contribution >= 0.6 is 0 Å². The minimum atomic E-state index is -0.316. The van der Waals surface area contributed by atoms with Gasteiger partial charge in [0, 0.05) is 5.92 Å². The van der Waals surface area contributed by atoms with E-state index in [1.54, 1.807) is 6.26 Å². The number of hydrogen-bond acceptors (Lipinski definition) is 3. The lowest BCUT2D eigenvalue weighted by Crippen LogP contribution is -2.41. The fourth-order valence-corrected chi connectivity index (χ4v) is 3.14. The second-order valence-electron chi connectivity index (χ2n) is 7.76. The Morgan fingerprint density at radius 1 is 1.00 bits per heavy atom. The minimum absolute atomic E-state index is 0.102. The van der Waals surface area contributed by atoms with Crippen molar-refractivity contribution in [3.8, 4) is 0 Å². The highest BCUT2D eigenvalue weighted by atomic mass is 16.7. The van der Waals surface area contributed by atoms with Gasteiger partial charge >= 0.3 is 7.12 Å². The SMILES string of the molecule is C/C(=C\C(CB1OC(C)(C)C(C)(C)O1)c1ccco1)c1ccccc1. The second-order valence-corrected chi connectivity index (χ2v) is 7.76. The van der Waals surface area contributed by atoms with Gasteiger partial charge in [-0.1, -0.05) is 36.4 Å². The normalized spacial score (nSPS) is 20.7. The van der Waals surface area contributed by atoms with Crippen molar-refractivity contribution in [2.24, 2.45) is 0 Å². The molecule has 3 nitrogen and oxygen atoms in total. The highest BCUT2D eigenvalue weighted by molar-refractivity contribution is 6.45. The molecule has 0 amide bonds. The Morgan fingerprint density at radius 2 is 1.64 bits per heavy atom. The van der Waals surface area contributed by atoms with Gasteiger partial charge in [-0.15, -0.1) is 0 Å². The van der Waals surface area contributed by atoms with E-state index in [9.17, 15) is 0 Å². The zero-order chi connectivity index (χ0) is 18.1. The van der Waals surface area contributed by atoms with Crippen LogP contribution in [0.15, 0.2) is 59.2 Å². The van der Waals surface area contributed by atoms with Crippen LogP contribution in [0, 0.1) is 0 Å². The van der Waals surface area contributed by atoms with Crippen molar-refractivity contribution >= 4 is 12.7 Å². The Labute approximate surface area is 151 Å². The summed E-state index contributed by atoms with van der Waals surface area (Å²) in [5.41, 5.74) is 1.80. The summed E-state index contributed by atoms with van der Waals surface area (Å²) in [5.74, 6) is 1.04. The van der Waals surface area contributed by atoms with Crippen LogP contribution in [-0.4, -0.2) is 18.3 Å². The van der Waals surface area contributed by atoms with Gasteiger partial charge in [-0.2, -0.15) is 0 Å². The highest BCUT2D eigenvalue weighted by Crippen LogP contribution is 2.40. The Balaban J connectivity index is 1.83. The molecule has 0 N–H and O–H groups in total. The molecule has 1 aliphatic rings. The molecule has 2 heterocycles. The maximum absolute atomic E-state index is 6.19. The van der Waals surface area contributed by atoms with Gasteiger partial charge < -0.3 is 13.7 Å². The first-order valence-corrected chi connectivity index (χ1v) is 8.91. The van der Waals surface area contributed by atoms with E-state index in [1.165, 1.54) is 11.1 Å². The molecule has 1 fully saturated rings. The van der Waals surface area contributed by atoms with Gasteiger partial charge in [0.25, 0.3) is 0 Å². The van der Waals surface area contributed by atoms with E-state index in [4.69, 9.17) is 13.7 Å². The van der Waals surface area contributed by atoms with Crippen molar-refractivity contribution in [2.75, 3.05) is 0 Å². The molecular formula is C21H27BO3. The van der Waals surface area contributed by atoms with E-state index < -0.39 is 0 Å². The Hall–Kier alpha value is -1.78. The molecule has 25 heavy (non-hydrogen) atoms. The first-order chi connectivity index (χ1) is 11.8.